The summed E-state index contributed by atoms with van der Waals surface area (Å²) in [6.45, 7) is 1.99. The van der Waals surface area contributed by atoms with Gasteiger partial charge in [-0.25, -0.2) is 4.39 Å². The number of nitrogens with two attached hydrogens (primary N) is 1. The van der Waals surface area contributed by atoms with E-state index in [-0.39, 0.29) is 16.9 Å². The fraction of sp³-hybridized carbons (Fsp3) is 0.417. The van der Waals surface area contributed by atoms with Gasteiger partial charge in [-0.05, 0) is 34.5 Å². The van der Waals surface area contributed by atoms with E-state index in [9.17, 15) is 9.18 Å². The van der Waals surface area contributed by atoms with Crippen LogP contribution in [0.1, 0.15) is 19.8 Å². The largest absolute Gasteiger partial charge is 0.468 e. The molecule has 1 unspecified atom stereocenters. The molecule has 0 aliphatic carbocycles. The van der Waals surface area contributed by atoms with Crippen molar-refractivity contribution in [1.29, 1.82) is 0 Å². The van der Waals surface area contributed by atoms with E-state index in [0.717, 1.165) is 11.3 Å². The van der Waals surface area contributed by atoms with Gasteiger partial charge in [0, 0.05) is 9.37 Å². The van der Waals surface area contributed by atoms with Gasteiger partial charge in [0.2, 0.25) is 0 Å². The molecule has 0 saturated carbocycles. The van der Waals surface area contributed by atoms with Gasteiger partial charge in [0.15, 0.2) is 0 Å². The van der Waals surface area contributed by atoms with Gasteiger partial charge in [0.25, 0.3) is 0 Å². The molecule has 0 heterocycles. The SMILES string of the molecule is CCCC(Sc1cc(N)c(F)cc1Br)C(=O)OC. The van der Waals surface area contributed by atoms with E-state index in [1.807, 2.05) is 6.92 Å². The van der Waals surface area contributed by atoms with E-state index in [4.69, 9.17) is 10.5 Å². The Hall–Kier alpha value is -0.750. The van der Waals surface area contributed by atoms with Crippen LogP contribution in [0.5, 0.6) is 0 Å². The Balaban J connectivity index is 2.93. The predicted molar refractivity (Wildman–Crippen MR) is 75.1 cm³/mol. The van der Waals surface area contributed by atoms with Crippen molar-refractivity contribution >= 4 is 39.3 Å². The molecule has 0 radical (unpaired) electrons. The van der Waals surface area contributed by atoms with E-state index < -0.39 is 5.82 Å². The molecule has 0 bridgehead atoms. The van der Waals surface area contributed by atoms with Crippen molar-refractivity contribution < 1.29 is 13.9 Å². The van der Waals surface area contributed by atoms with Gasteiger partial charge in [-0.2, -0.15) is 0 Å². The first-order valence-electron chi connectivity index (χ1n) is 5.48. The molecule has 0 saturated heterocycles. The Morgan fingerprint density at radius 2 is 2.28 bits per heavy atom. The van der Waals surface area contributed by atoms with Gasteiger partial charge < -0.3 is 10.5 Å². The maximum absolute atomic E-state index is 13.2. The second-order valence-electron chi connectivity index (χ2n) is 3.72. The quantitative estimate of drug-likeness (QED) is 0.507. The minimum atomic E-state index is -0.476. The molecule has 1 atom stereocenters. The number of esters is 1. The molecule has 0 aliphatic heterocycles. The van der Waals surface area contributed by atoms with Crippen molar-refractivity contribution in [3.63, 3.8) is 0 Å². The van der Waals surface area contributed by atoms with Gasteiger partial charge in [0.1, 0.15) is 11.1 Å². The lowest BCUT2D eigenvalue weighted by Crippen LogP contribution is -2.18. The molecule has 0 fully saturated rings. The fourth-order valence-electron chi connectivity index (χ4n) is 1.41. The van der Waals surface area contributed by atoms with Gasteiger partial charge in [-0.15, -0.1) is 11.8 Å². The number of halogens is 2. The summed E-state index contributed by atoms with van der Waals surface area (Å²) in [5.41, 5.74) is 5.59. The first-order chi connectivity index (χ1) is 8.49. The van der Waals surface area contributed by atoms with E-state index in [1.54, 1.807) is 0 Å². The molecule has 1 aromatic carbocycles. The molecule has 2 N–H and O–H groups in total. The van der Waals surface area contributed by atoms with Crippen molar-refractivity contribution in [1.82, 2.24) is 0 Å². The third-order valence-corrected chi connectivity index (χ3v) is 4.56. The van der Waals surface area contributed by atoms with Crippen LogP contribution in [0.15, 0.2) is 21.5 Å². The summed E-state index contributed by atoms with van der Waals surface area (Å²) in [5, 5.41) is -0.304. The van der Waals surface area contributed by atoms with Crippen LogP contribution < -0.4 is 5.73 Å². The monoisotopic (exact) mass is 335 g/mol. The number of thioether (sulfide) groups is 1. The van der Waals surface area contributed by atoms with Crippen molar-refractivity contribution in [3.8, 4) is 0 Å². The van der Waals surface area contributed by atoms with Crippen LogP contribution in [0, 0.1) is 5.82 Å². The number of hydrogen-bond acceptors (Lipinski definition) is 4. The number of rotatable bonds is 5. The molecule has 1 aromatic rings. The number of carbonyl (C=O) groups excluding carboxylic acids is 1. The Kier molecular flexibility index (Phi) is 5.95. The summed E-state index contributed by atoms with van der Waals surface area (Å²) in [6.07, 6.45) is 1.56. The Morgan fingerprint density at radius 1 is 1.61 bits per heavy atom. The first kappa shape index (κ1) is 15.3. The molecule has 0 spiro atoms. The Morgan fingerprint density at radius 3 is 2.83 bits per heavy atom. The van der Waals surface area contributed by atoms with Crippen LogP contribution in [-0.4, -0.2) is 18.3 Å². The van der Waals surface area contributed by atoms with Gasteiger partial charge >= 0.3 is 5.97 Å². The standard InChI is InChI=1S/C12H15BrFNO2S/c1-3-4-10(12(16)17-2)18-11-6-9(15)8(14)5-7(11)13/h5-6,10H,3-4,15H2,1-2H3. The molecule has 18 heavy (non-hydrogen) atoms. The van der Waals surface area contributed by atoms with Crippen molar-refractivity contribution in [2.75, 3.05) is 12.8 Å². The second-order valence-corrected chi connectivity index (χ2v) is 5.82. The predicted octanol–water partition coefficient (Wildman–Crippen LogP) is 3.60. The molecular weight excluding hydrogens is 321 g/mol. The summed E-state index contributed by atoms with van der Waals surface area (Å²) in [4.78, 5) is 12.3. The average Bonchev–Trinajstić information content (AvgIpc) is 2.34. The highest BCUT2D eigenvalue weighted by Crippen LogP contribution is 2.35. The molecular formula is C12H15BrFNO2S. The minimum absolute atomic E-state index is 0.0702. The highest BCUT2D eigenvalue weighted by molar-refractivity contribution is 9.10. The number of benzene rings is 1. The lowest BCUT2D eigenvalue weighted by atomic mass is 10.2. The summed E-state index contributed by atoms with van der Waals surface area (Å²) in [5.74, 6) is -0.756. The summed E-state index contributed by atoms with van der Waals surface area (Å²) in [6, 6.07) is 2.83. The smallest absolute Gasteiger partial charge is 0.319 e. The van der Waals surface area contributed by atoms with Gasteiger partial charge in [0.05, 0.1) is 12.8 Å². The lowest BCUT2D eigenvalue weighted by Gasteiger charge is -2.14. The Labute approximate surface area is 118 Å². The molecule has 100 valence electrons. The number of hydrogen-bond donors (Lipinski definition) is 1. The van der Waals surface area contributed by atoms with E-state index >= 15 is 0 Å². The topological polar surface area (TPSA) is 52.3 Å². The molecule has 6 heteroatoms. The number of anilines is 1. The van der Waals surface area contributed by atoms with Crippen molar-refractivity contribution in [2.24, 2.45) is 0 Å². The second kappa shape index (κ2) is 6.99. The normalized spacial score (nSPS) is 12.2. The van der Waals surface area contributed by atoms with Crippen LogP contribution in [-0.2, 0) is 9.53 Å². The zero-order chi connectivity index (χ0) is 13.7. The summed E-state index contributed by atoms with van der Waals surface area (Å²) >= 11 is 4.59. The van der Waals surface area contributed by atoms with E-state index in [2.05, 4.69) is 15.9 Å². The highest BCUT2D eigenvalue weighted by Gasteiger charge is 2.21. The average molecular weight is 336 g/mol. The third kappa shape index (κ3) is 3.88. The van der Waals surface area contributed by atoms with Crippen molar-refractivity contribution in [2.45, 2.75) is 29.9 Å². The van der Waals surface area contributed by atoms with Crippen LogP contribution in [0.4, 0.5) is 10.1 Å². The summed E-state index contributed by atoms with van der Waals surface area (Å²) < 4.78 is 18.6. The van der Waals surface area contributed by atoms with Crippen LogP contribution in [0.3, 0.4) is 0 Å². The zero-order valence-electron chi connectivity index (χ0n) is 10.2. The van der Waals surface area contributed by atoms with Gasteiger partial charge in [-0.1, -0.05) is 13.3 Å². The maximum atomic E-state index is 13.2. The third-order valence-electron chi connectivity index (χ3n) is 2.34. The Bertz CT molecular complexity index is 442. The molecule has 0 aliphatic rings. The highest BCUT2D eigenvalue weighted by atomic mass is 79.9. The molecule has 0 amide bonds. The fourth-order valence-corrected chi connectivity index (χ4v) is 3.22. The molecule has 3 nitrogen and oxygen atoms in total. The lowest BCUT2D eigenvalue weighted by molar-refractivity contribution is -0.140. The molecule has 0 aromatic heterocycles. The van der Waals surface area contributed by atoms with Crippen molar-refractivity contribution in [3.05, 3.63) is 22.4 Å². The minimum Gasteiger partial charge on any atom is -0.468 e. The first-order valence-corrected chi connectivity index (χ1v) is 7.15. The number of ether oxygens (including phenoxy) is 1. The number of methoxy groups -OCH3 is 1. The number of carbonyl (C=O) groups is 1. The van der Waals surface area contributed by atoms with Crippen LogP contribution in [0.2, 0.25) is 0 Å². The zero-order valence-corrected chi connectivity index (χ0v) is 12.6. The van der Waals surface area contributed by atoms with E-state index in [0.29, 0.717) is 10.9 Å². The van der Waals surface area contributed by atoms with Crippen LogP contribution in [0.25, 0.3) is 0 Å². The van der Waals surface area contributed by atoms with E-state index in [1.165, 1.54) is 31.0 Å². The van der Waals surface area contributed by atoms with Gasteiger partial charge in [-0.3, -0.25) is 4.79 Å². The summed E-state index contributed by atoms with van der Waals surface area (Å²) in [7, 11) is 1.36. The number of nitrogen functional groups attached to an aromatic ring is 1. The maximum Gasteiger partial charge on any atom is 0.319 e. The van der Waals surface area contributed by atoms with Crippen LogP contribution >= 0.6 is 27.7 Å². The molecule has 1 rings (SSSR count).